The Morgan fingerprint density at radius 3 is 2.47 bits per heavy atom. The second-order valence-corrected chi connectivity index (χ2v) is 3.26. The minimum atomic E-state index is -0.534. The molecule has 0 bridgehead atoms. The average molecular weight is 203 g/mol. The third-order valence-corrected chi connectivity index (χ3v) is 2.08. The van der Waals surface area contributed by atoms with Crippen LogP contribution in [0.1, 0.15) is 6.92 Å². The zero-order valence-electron chi connectivity index (χ0n) is 8.19. The van der Waals surface area contributed by atoms with E-state index in [9.17, 15) is 9.59 Å². The first-order chi connectivity index (χ1) is 7.11. The van der Waals surface area contributed by atoms with E-state index in [4.69, 9.17) is 4.52 Å². The summed E-state index contributed by atoms with van der Waals surface area (Å²) in [4.78, 5) is 23.3. The highest BCUT2D eigenvalue weighted by atomic mass is 16.5. The Morgan fingerprint density at radius 2 is 1.87 bits per heavy atom. The van der Waals surface area contributed by atoms with Crippen LogP contribution in [0.2, 0.25) is 0 Å². The fourth-order valence-corrected chi connectivity index (χ4v) is 1.38. The van der Waals surface area contributed by atoms with Gasteiger partial charge in [0.05, 0.1) is 16.5 Å². The van der Waals surface area contributed by atoms with Crippen LogP contribution in [0.3, 0.4) is 0 Å². The third kappa shape index (κ3) is 1.40. The van der Waals surface area contributed by atoms with E-state index in [0.717, 1.165) is 4.74 Å². The topological polar surface area (TPSA) is 52.2 Å². The van der Waals surface area contributed by atoms with Gasteiger partial charge in [0.15, 0.2) is 0 Å². The Labute approximate surface area is 85.0 Å². The molecule has 0 aliphatic heterocycles. The highest BCUT2D eigenvalue weighted by Crippen LogP contribution is 2.05. The summed E-state index contributed by atoms with van der Waals surface area (Å²) in [5, 5.41) is 0.636. The van der Waals surface area contributed by atoms with Crippen LogP contribution in [0.15, 0.2) is 45.0 Å². The number of hydrogen-bond acceptors (Lipinski definition) is 3. The molecule has 15 heavy (non-hydrogen) atoms. The van der Waals surface area contributed by atoms with Gasteiger partial charge >= 0.3 is 5.63 Å². The van der Waals surface area contributed by atoms with Crippen molar-refractivity contribution in [3.8, 4) is 0 Å². The van der Waals surface area contributed by atoms with E-state index < -0.39 is 5.63 Å². The fourth-order valence-electron chi connectivity index (χ4n) is 1.38. The molecule has 0 unspecified atom stereocenters. The molecule has 0 aliphatic carbocycles. The van der Waals surface area contributed by atoms with Gasteiger partial charge < -0.3 is 4.52 Å². The minimum Gasteiger partial charge on any atom is -0.328 e. The van der Waals surface area contributed by atoms with Crippen LogP contribution in [0, 0.1) is 0 Å². The second kappa shape index (κ2) is 3.24. The Hall–Kier alpha value is -2.10. The van der Waals surface area contributed by atoms with E-state index in [0.29, 0.717) is 16.5 Å². The van der Waals surface area contributed by atoms with E-state index in [1.165, 1.54) is 0 Å². The van der Waals surface area contributed by atoms with Crippen molar-refractivity contribution in [1.29, 1.82) is 0 Å². The first-order valence-corrected chi connectivity index (χ1v) is 4.42. The lowest BCUT2D eigenvalue weighted by Crippen LogP contribution is -2.23. The summed E-state index contributed by atoms with van der Waals surface area (Å²) < 4.78 is 5.74. The zero-order chi connectivity index (χ0) is 11.0. The van der Waals surface area contributed by atoms with Crippen molar-refractivity contribution in [2.75, 3.05) is 0 Å². The summed E-state index contributed by atoms with van der Waals surface area (Å²) >= 11 is 0. The highest BCUT2D eigenvalue weighted by Gasteiger charge is 2.08. The molecule has 2 rings (SSSR count). The molecule has 0 atom stereocenters. The van der Waals surface area contributed by atoms with E-state index in [1.807, 2.05) is 0 Å². The SMILES string of the molecule is C=C(C)n1oc(=O)c2ccccc2c1=O. The van der Waals surface area contributed by atoms with Gasteiger partial charge in [0.1, 0.15) is 0 Å². The summed E-state index contributed by atoms with van der Waals surface area (Å²) in [6.07, 6.45) is 0. The van der Waals surface area contributed by atoms with Gasteiger partial charge in [-0.1, -0.05) is 18.7 Å². The number of nitrogens with zero attached hydrogens (tertiary/aromatic N) is 1. The van der Waals surface area contributed by atoms with Crippen molar-refractivity contribution in [3.63, 3.8) is 0 Å². The molecule has 1 aromatic carbocycles. The largest absolute Gasteiger partial charge is 0.364 e. The van der Waals surface area contributed by atoms with Gasteiger partial charge in [0.25, 0.3) is 5.56 Å². The number of aromatic nitrogens is 1. The lowest BCUT2D eigenvalue weighted by atomic mass is 10.2. The molecule has 0 spiro atoms. The molecular weight excluding hydrogens is 194 g/mol. The Balaban J connectivity index is 3.04. The van der Waals surface area contributed by atoms with Gasteiger partial charge in [0.2, 0.25) is 0 Å². The maximum absolute atomic E-state index is 11.8. The molecule has 4 heteroatoms. The molecule has 0 saturated heterocycles. The zero-order valence-corrected chi connectivity index (χ0v) is 8.19. The highest BCUT2D eigenvalue weighted by molar-refractivity contribution is 5.80. The van der Waals surface area contributed by atoms with E-state index in [-0.39, 0.29) is 5.56 Å². The van der Waals surface area contributed by atoms with E-state index in [1.54, 1.807) is 31.2 Å². The summed E-state index contributed by atoms with van der Waals surface area (Å²) in [5.74, 6) is 0. The normalized spacial score (nSPS) is 10.5. The van der Waals surface area contributed by atoms with Crippen LogP contribution in [0.4, 0.5) is 0 Å². The van der Waals surface area contributed by atoms with Crippen molar-refractivity contribution < 1.29 is 4.52 Å². The van der Waals surface area contributed by atoms with E-state index in [2.05, 4.69) is 6.58 Å². The van der Waals surface area contributed by atoms with Crippen molar-refractivity contribution in [1.82, 2.24) is 4.74 Å². The molecule has 76 valence electrons. The molecule has 0 aliphatic rings. The average Bonchev–Trinajstić information content (AvgIpc) is 2.23. The summed E-state index contributed by atoms with van der Waals surface area (Å²) in [7, 11) is 0. The Bertz CT molecular complexity index is 649. The quantitative estimate of drug-likeness (QED) is 0.704. The van der Waals surface area contributed by atoms with Crippen LogP contribution >= 0.6 is 0 Å². The molecule has 0 amide bonds. The van der Waals surface area contributed by atoms with Crippen LogP contribution in [0.25, 0.3) is 16.5 Å². The molecular formula is C11H9NO3. The van der Waals surface area contributed by atoms with Gasteiger partial charge in [-0.05, 0) is 19.1 Å². The number of benzene rings is 1. The van der Waals surface area contributed by atoms with E-state index >= 15 is 0 Å². The molecule has 2 aromatic rings. The van der Waals surface area contributed by atoms with Gasteiger partial charge in [-0.2, -0.15) is 0 Å². The molecule has 1 aromatic heterocycles. The molecule has 4 nitrogen and oxygen atoms in total. The fraction of sp³-hybridized carbons (Fsp3) is 0.0909. The van der Waals surface area contributed by atoms with Crippen molar-refractivity contribution in [2.24, 2.45) is 0 Å². The lowest BCUT2D eigenvalue weighted by molar-refractivity contribution is 0.305. The van der Waals surface area contributed by atoms with Crippen LogP contribution < -0.4 is 11.2 Å². The Morgan fingerprint density at radius 1 is 1.27 bits per heavy atom. The van der Waals surface area contributed by atoms with Crippen LogP contribution in [-0.4, -0.2) is 4.74 Å². The van der Waals surface area contributed by atoms with Gasteiger partial charge in [-0.25, -0.2) is 4.79 Å². The number of hydrogen-bond donors (Lipinski definition) is 0. The summed E-state index contributed by atoms with van der Waals surface area (Å²) in [6.45, 7) is 5.16. The molecule has 0 radical (unpaired) electrons. The van der Waals surface area contributed by atoms with Gasteiger partial charge in [-0.15, -0.1) is 4.74 Å². The van der Waals surface area contributed by atoms with Gasteiger partial charge in [-0.3, -0.25) is 4.79 Å². The first-order valence-electron chi connectivity index (χ1n) is 4.42. The number of rotatable bonds is 1. The van der Waals surface area contributed by atoms with Crippen LogP contribution in [0.5, 0.6) is 0 Å². The first kappa shape index (κ1) is 9.45. The molecule has 1 heterocycles. The predicted octanol–water partition coefficient (Wildman–Crippen LogP) is 1.45. The lowest BCUT2D eigenvalue weighted by Gasteiger charge is -2.02. The minimum absolute atomic E-state index is 0.292. The smallest absolute Gasteiger partial charge is 0.328 e. The maximum Gasteiger partial charge on any atom is 0.364 e. The molecule has 0 saturated carbocycles. The second-order valence-electron chi connectivity index (χ2n) is 3.26. The third-order valence-electron chi connectivity index (χ3n) is 2.08. The Kier molecular flexibility index (Phi) is 2.04. The standard InChI is InChI=1S/C11H9NO3/c1-7(2)12-10(13)8-5-3-4-6-9(8)11(14)15-12/h3-6H,1H2,2H3. The van der Waals surface area contributed by atoms with Crippen LogP contribution in [-0.2, 0) is 0 Å². The van der Waals surface area contributed by atoms with Crippen molar-refractivity contribution in [2.45, 2.75) is 6.92 Å². The van der Waals surface area contributed by atoms with Crippen molar-refractivity contribution >= 4 is 16.5 Å². The predicted molar refractivity (Wildman–Crippen MR) is 57.7 cm³/mol. The summed E-state index contributed by atoms with van der Waals surface area (Å²) in [6, 6.07) is 6.54. The monoisotopic (exact) mass is 203 g/mol. The number of allylic oxidation sites excluding steroid dienone is 1. The number of fused-ring (bicyclic) bond motifs is 1. The summed E-state index contributed by atoms with van der Waals surface area (Å²) in [5.41, 5.74) is -0.520. The maximum atomic E-state index is 11.8. The molecule has 0 N–H and O–H groups in total. The van der Waals surface area contributed by atoms with Gasteiger partial charge in [0, 0.05) is 0 Å². The molecule has 0 fully saturated rings. The van der Waals surface area contributed by atoms with Crippen molar-refractivity contribution in [3.05, 3.63) is 51.6 Å².